The Hall–Kier alpha value is -0.960. The second kappa shape index (κ2) is 6.64. The molecule has 0 spiro atoms. The molecule has 3 aliphatic rings. The van der Waals surface area contributed by atoms with Crippen LogP contribution in [0.25, 0.3) is 0 Å². The fraction of sp³-hybridized carbons (Fsp3) is 0.706. The maximum atomic E-state index is 13.3. The zero-order valence-electron chi connectivity index (χ0n) is 14.2. The van der Waals surface area contributed by atoms with E-state index in [1.807, 2.05) is 0 Å². The lowest BCUT2D eigenvalue weighted by molar-refractivity contribution is 0.0692. The maximum Gasteiger partial charge on any atom is 0.338 e. The van der Waals surface area contributed by atoms with Gasteiger partial charge in [-0.25, -0.2) is 13.2 Å². The van der Waals surface area contributed by atoms with Crippen molar-refractivity contribution < 1.29 is 18.3 Å². The summed E-state index contributed by atoms with van der Waals surface area (Å²) in [6.45, 7) is 2.31. The summed E-state index contributed by atoms with van der Waals surface area (Å²) in [5.74, 6) is -0.0489. The van der Waals surface area contributed by atoms with Crippen molar-refractivity contribution in [1.29, 1.82) is 0 Å². The van der Waals surface area contributed by atoms with Gasteiger partial charge in [0.15, 0.2) is 0 Å². The van der Waals surface area contributed by atoms with Crippen molar-refractivity contribution in [1.82, 2.24) is 9.62 Å². The number of rotatable bonds is 3. The second-order valence-corrected chi connectivity index (χ2v) is 10.6. The van der Waals surface area contributed by atoms with E-state index in [1.165, 1.54) is 19.3 Å². The molecular weight excluding hydrogens is 360 g/mol. The fourth-order valence-corrected chi connectivity index (χ4v) is 8.12. The van der Waals surface area contributed by atoms with Crippen molar-refractivity contribution in [2.45, 2.75) is 49.3 Å². The van der Waals surface area contributed by atoms with Crippen molar-refractivity contribution in [3.05, 3.63) is 16.0 Å². The van der Waals surface area contributed by atoms with Crippen LogP contribution in [0, 0.1) is 11.8 Å². The number of hydrogen-bond donors (Lipinski definition) is 2. The third-order valence-electron chi connectivity index (χ3n) is 5.94. The van der Waals surface area contributed by atoms with Crippen molar-refractivity contribution in [3.8, 4) is 0 Å². The quantitative estimate of drug-likeness (QED) is 0.835. The summed E-state index contributed by atoms with van der Waals surface area (Å²) in [6, 6.07) is 0. The average molecular weight is 385 g/mol. The molecule has 1 saturated heterocycles. The first-order valence-electron chi connectivity index (χ1n) is 9.07. The van der Waals surface area contributed by atoms with E-state index in [1.54, 1.807) is 4.31 Å². The van der Waals surface area contributed by atoms with Crippen LogP contribution in [0.15, 0.2) is 4.21 Å². The van der Waals surface area contributed by atoms with Crippen LogP contribution in [0.4, 0.5) is 0 Å². The minimum Gasteiger partial charge on any atom is -0.478 e. The van der Waals surface area contributed by atoms with Crippen LogP contribution in [0.1, 0.15) is 52.9 Å². The molecule has 0 radical (unpaired) electrons. The van der Waals surface area contributed by atoms with Gasteiger partial charge in [-0.3, -0.25) is 0 Å². The zero-order chi connectivity index (χ0) is 17.6. The standard InChI is InChI=1S/C17H24N2O4S2/c20-16(21)15-13-5-7-18-9-14(13)24-17(15)25(22,23)19-8-6-11-3-1-2-4-12(11)10-19/h11-12,18H,1-10H2,(H,20,21)/t11-,12+/m1/s1. The van der Waals surface area contributed by atoms with Crippen LogP contribution in [0.3, 0.4) is 0 Å². The highest BCUT2D eigenvalue weighted by Gasteiger charge is 2.40. The maximum absolute atomic E-state index is 13.3. The summed E-state index contributed by atoms with van der Waals surface area (Å²) < 4.78 is 28.1. The number of hydrogen-bond acceptors (Lipinski definition) is 5. The van der Waals surface area contributed by atoms with E-state index in [0.29, 0.717) is 50.0 Å². The number of nitrogens with zero attached hydrogens (tertiary/aromatic N) is 1. The summed E-state index contributed by atoms with van der Waals surface area (Å²) in [7, 11) is -3.74. The monoisotopic (exact) mass is 384 g/mol. The summed E-state index contributed by atoms with van der Waals surface area (Å²) in [4.78, 5) is 12.7. The van der Waals surface area contributed by atoms with E-state index < -0.39 is 16.0 Å². The molecule has 0 aromatic carbocycles. The summed E-state index contributed by atoms with van der Waals surface area (Å²) in [5.41, 5.74) is 0.731. The normalized spacial score (nSPS) is 27.5. The fourth-order valence-electron chi connectivity index (χ4n) is 4.61. The first-order valence-corrected chi connectivity index (χ1v) is 11.3. The Balaban J connectivity index is 1.68. The third-order valence-corrected chi connectivity index (χ3v) is 9.53. The molecule has 2 fully saturated rings. The number of thiophene rings is 1. The smallest absolute Gasteiger partial charge is 0.338 e. The molecule has 8 heteroatoms. The van der Waals surface area contributed by atoms with Gasteiger partial charge in [0, 0.05) is 24.5 Å². The molecular formula is C17H24N2O4S2. The molecule has 3 heterocycles. The molecule has 0 unspecified atom stereocenters. The highest BCUT2D eigenvalue weighted by Crippen LogP contribution is 2.40. The lowest BCUT2D eigenvalue weighted by Crippen LogP contribution is -2.44. The molecule has 138 valence electrons. The van der Waals surface area contributed by atoms with Crippen LogP contribution in [0.2, 0.25) is 0 Å². The largest absolute Gasteiger partial charge is 0.478 e. The number of carboxylic acids is 1. The average Bonchev–Trinajstić information content (AvgIpc) is 3.02. The molecule has 1 saturated carbocycles. The molecule has 1 aromatic heterocycles. The van der Waals surface area contributed by atoms with Gasteiger partial charge in [0.2, 0.25) is 0 Å². The Kier molecular flexibility index (Phi) is 4.64. The van der Waals surface area contributed by atoms with Gasteiger partial charge in [-0.15, -0.1) is 11.3 Å². The van der Waals surface area contributed by atoms with Crippen molar-refractivity contribution in [2.24, 2.45) is 11.8 Å². The molecule has 2 atom stereocenters. The number of sulfonamides is 1. The van der Waals surface area contributed by atoms with Crippen molar-refractivity contribution >= 4 is 27.3 Å². The minimum absolute atomic E-state index is 0.0206. The minimum atomic E-state index is -3.74. The van der Waals surface area contributed by atoms with E-state index in [2.05, 4.69) is 5.32 Å². The zero-order valence-corrected chi connectivity index (χ0v) is 15.8. The number of fused-ring (bicyclic) bond motifs is 2. The predicted molar refractivity (Wildman–Crippen MR) is 95.5 cm³/mol. The Morgan fingerprint density at radius 2 is 1.96 bits per heavy atom. The number of nitrogens with one attached hydrogen (secondary N) is 1. The molecule has 2 N–H and O–H groups in total. The van der Waals surface area contributed by atoms with E-state index in [0.717, 1.165) is 29.1 Å². The van der Waals surface area contributed by atoms with Gasteiger partial charge in [0.25, 0.3) is 10.0 Å². The number of aromatic carboxylic acids is 1. The van der Waals surface area contributed by atoms with E-state index in [4.69, 9.17) is 0 Å². The van der Waals surface area contributed by atoms with Gasteiger partial charge in [-0.1, -0.05) is 19.3 Å². The Bertz CT molecular complexity index is 787. The van der Waals surface area contributed by atoms with Gasteiger partial charge in [-0.05, 0) is 43.2 Å². The van der Waals surface area contributed by atoms with Gasteiger partial charge >= 0.3 is 5.97 Å². The molecule has 0 amide bonds. The van der Waals surface area contributed by atoms with Crippen LogP contribution in [-0.2, 0) is 23.0 Å². The van der Waals surface area contributed by atoms with Crippen LogP contribution >= 0.6 is 11.3 Å². The van der Waals surface area contributed by atoms with Crippen molar-refractivity contribution in [2.75, 3.05) is 19.6 Å². The lowest BCUT2D eigenvalue weighted by atomic mass is 9.76. The predicted octanol–water partition coefficient (Wildman–Crippen LogP) is 2.29. The Morgan fingerprint density at radius 3 is 2.72 bits per heavy atom. The van der Waals surface area contributed by atoms with Gasteiger partial charge in [0.1, 0.15) is 4.21 Å². The molecule has 25 heavy (non-hydrogen) atoms. The first kappa shape index (κ1) is 17.5. The second-order valence-electron chi connectivity index (χ2n) is 7.35. The van der Waals surface area contributed by atoms with Gasteiger partial charge in [0.05, 0.1) is 5.56 Å². The van der Waals surface area contributed by atoms with Crippen LogP contribution in [-0.4, -0.2) is 43.4 Å². The molecule has 6 nitrogen and oxygen atoms in total. The summed E-state index contributed by atoms with van der Waals surface area (Å²) >= 11 is 1.15. The van der Waals surface area contributed by atoms with E-state index in [-0.39, 0.29) is 9.77 Å². The highest BCUT2D eigenvalue weighted by molar-refractivity contribution is 7.91. The Morgan fingerprint density at radius 1 is 1.20 bits per heavy atom. The van der Waals surface area contributed by atoms with Crippen LogP contribution in [0.5, 0.6) is 0 Å². The SMILES string of the molecule is O=C(O)c1c(S(=O)(=O)N2CC[C@H]3CCCC[C@H]3C2)sc2c1CCNC2. The van der Waals surface area contributed by atoms with Crippen molar-refractivity contribution in [3.63, 3.8) is 0 Å². The van der Waals surface area contributed by atoms with E-state index >= 15 is 0 Å². The lowest BCUT2D eigenvalue weighted by Gasteiger charge is -2.40. The van der Waals surface area contributed by atoms with E-state index in [9.17, 15) is 18.3 Å². The number of piperidine rings is 1. The molecule has 1 aromatic rings. The third kappa shape index (κ3) is 3.03. The molecule has 0 bridgehead atoms. The molecule has 1 aliphatic carbocycles. The summed E-state index contributed by atoms with van der Waals surface area (Å²) in [5, 5.41) is 12.9. The summed E-state index contributed by atoms with van der Waals surface area (Å²) in [6.07, 6.45) is 6.20. The number of carboxylic acid groups (broad SMARTS) is 1. The van der Waals surface area contributed by atoms with Crippen LogP contribution < -0.4 is 5.32 Å². The Labute approximate surface area is 152 Å². The highest BCUT2D eigenvalue weighted by atomic mass is 32.2. The molecule has 4 rings (SSSR count). The van der Waals surface area contributed by atoms with Gasteiger partial charge < -0.3 is 10.4 Å². The topological polar surface area (TPSA) is 86.7 Å². The molecule has 2 aliphatic heterocycles. The first-order chi connectivity index (χ1) is 12.0. The number of carbonyl (C=O) groups is 1. The van der Waals surface area contributed by atoms with Gasteiger partial charge in [-0.2, -0.15) is 4.31 Å².